The Morgan fingerprint density at radius 2 is 1.76 bits per heavy atom. The number of rotatable bonds is 3. The van der Waals surface area contributed by atoms with Gasteiger partial charge in [-0.3, -0.25) is 4.99 Å². The molecule has 0 bridgehead atoms. The Hall–Kier alpha value is -2.33. The summed E-state index contributed by atoms with van der Waals surface area (Å²) in [4.78, 5) is 7.27. The summed E-state index contributed by atoms with van der Waals surface area (Å²) in [7, 11) is 4.01. The summed E-state index contributed by atoms with van der Waals surface area (Å²) < 4.78 is 1.07. The summed E-state index contributed by atoms with van der Waals surface area (Å²) in [5, 5.41) is 11.1. The Balaban J connectivity index is 1.89. The highest BCUT2D eigenvalue weighted by atomic mass is 32.1. The maximum atomic E-state index is 10.2. The molecule has 0 atom stereocenters. The standard InChI is InChI=1S/C17H16N2OS/c1-19(2)13-9-7-12(8-10-13)18-11-16-17(20)14-5-3-4-6-15(14)21-16/h3-11,20H,1-2H3. The summed E-state index contributed by atoms with van der Waals surface area (Å²) >= 11 is 1.54. The second-order valence-corrected chi connectivity index (χ2v) is 6.06. The van der Waals surface area contributed by atoms with Crippen LogP contribution in [0.5, 0.6) is 5.75 Å². The molecule has 1 aromatic heterocycles. The number of aliphatic imine (C=N–C) groups is 1. The van der Waals surface area contributed by atoms with Gasteiger partial charge in [-0.1, -0.05) is 12.1 Å². The van der Waals surface area contributed by atoms with Gasteiger partial charge in [0.05, 0.1) is 10.6 Å². The van der Waals surface area contributed by atoms with Crippen LogP contribution in [0.3, 0.4) is 0 Å². The molecule has 106 valence electrons. The van der Waals surface area contributed by atoms with Gasteiger partial charge in [0.25, 0.3) is 0 Å². The molecule has 0 saturated carbocycles. The third-order valence-corrected chi connectivity index (χ3v) is 4.39. The Morgan fingerprint density at radius 3 is 2.43 bits per heavy atom. The van der Waals surface area contributed by atoms with Crippen molar-refractivity contribution in [3.63, 3.8) is 0 Å². The molecule has 3 nitrogen and oxygen atoms in total. The molecular weight excluding hydrogens is 280 g/mol. The van der Waals surface area contributed by atoms with E-state index in [-0.39, 0.29) is 0 Å². The number of thiophene rings is 1. The molecule has 0 aliphatic carbocycles. The van der Waals surface area contributed by atoms with Crippen LogP contribution in [-0.4, -0.2) is 25.4 Å². The van der Waals surface area contributed by atoms with E-state index >= 15 is 0 Å². The number of hydrogen-bond donors (Lipinski definition) is 1. The number of benzene rings is 2. The highest BCUT2D eigenvalue weighted by Gasteiger charge is 2.08. The molecule has 0 aliphatic heterocycles. The third kappa shape index (κ3) is 2.76. The molecule has 0 unspecified atom stereocenters. The number of aromatic hydroxyl groups is 1. The number of anilines is 1. The predicted molar refractivity (Wildman–Crippen MR) is 91.5 cm³/mol. The molecule has 0 spiro atoms. The first-order chi connectivity index (χ1) is 10.1. The Morgan fingerprint density at radius 1 is 1.05 bits per heavy atom. The minimum absolute atomic E-state index is 0.310. The molecule has 4 heteroatoms. The fourth-order valence-electron chi connectivity index (χ4n) is 2.11. The van der Waals surface area contributed by atoms with E-state index in [1.54, 1.807) is 17.6 Å². The highest BCUT2D eigenvalue weighted by Crippen LogP contribution is 2.35. The van der Waals surface area contributed by atoms with E-state index in [1.165, 1.54) is 0 Å². The van der Waals surface area contributed by atoms with Crippen LogP contribution in [-0.2, 0) is 0 Å². The molecule has 3 rings (SSSR count). The zero-order valence-electron chi connectivity index (χ0n) is 11.9. The van der Waals surface area contributed by atoms with E-state index in [2.05, 4.69) is 4.99 Å². The van der Waals surface area contributed by atoms with Gasteiger partial charge in [-0.2, -0.15) is 0 Å². The molecule has 1 N–H and O–H groups in total. The van der Waals surface area contributed by atoms with E-state index in [0.717, 1.165) is 26.3 Å². The van der Waals surface area contributed by atoms with Gasteiger partial charge >= 0.3 is 0 Å². The molecule has 0 radical (unpaired) electrons. The van der Waals surface area contributed by atoms with Crippen molar-refractivity contribution in [2.45, 2.75) is 0 Å². The van der Waals surface area contributed by atoms with Gasteiger partial charge in [0.2, 0.25) is 0 Å². The molecule has 1 heterocycles. The summed E-state index contributed by atoms with van der Waals surface area (Å²) in [5.41, 5.74) is 2.01. The van der Waals surface area contributed by atoms with E-state index in [4.69, 9.17) is 0 Å². The topological polar surface area (TPSA) is 35.8 Å². The van der Waals surface area contributed by atoms with Crippen molar-refractivity contribution in [2.75, 3.05) is 19.0 Å². The fourth-order valence-corrected chi connectivity index (χ4v) is 3.08. The average Bonchev–Trinajstić information content (AvgIpc) is 2.82. The fraction of sp³-hybridized carbons (Fsp3) is 0.118. The Kier molecular flexibility index (Phi) is 3.62. The summed E-state index contributed by atoms with van der Waals surface area (Å²) in [6.45, 7) is 0. The molecule has 0 fully saturated rings. The van der Waals surface area contributed by atoms with Gasteiger partial charge in [-0.25, -0.2) is 0 Å². The molecule has 0 amide bonds. The summed E-state index contributed by atoms with van der Waals surface area (Å²) in [6, 6.07) is 15.8. The van der Waals surface area contributed by atoms with Gasteiger partial charge in [-0.15, -0.1) is 11.3 Å². The van der Waals surface area contributed by atoms with Crippen molar-refractivity contribution >= 4 is 39.0 Å². The monoisotopic (exact) mass is 296 g/mol. The first-order valence-corrected chi connectivity index (χ1v) is 7.49. The first-order valence-electron chi connectivity index (χ1n) is 6.67. The van der Waals surface area contributed by atoms with Crippen LogP contribution in [0.15, 0.2) is 53.5 Å². The molecule has 2 aromatic carbocycles. The lowest BCUT2D eigenvalue weighted by molar-refractivity contribution is 0.483. The molecule has 3 aromatic rings. The van der Waals surface area contributed by atoms with E-state index in [1.807, 2.05) is 67.5 Å². The smallest absolute Gasteiger partial charge is 0.142 e. The van der Waals surface area contributed by atoms with Crippen molar-refractivity contribution in [3.05, 3.63) is 53.4 Å². The predicted octanol–water partition coefficient (Wildman–Crippen LogP) is 4.42. The lowest BCUT2D eigenvalue weighted by Gasteiger charge is -2.11. The molecule has 0 saturated heterocycles. The summed E-state index contributed by atoms with van der Waals surface area (Å²) in [6.07, 6.45) is 1.73. The van der Waals surface area contributed by atoms with Crippen molar-refractivity contribution in [3.8, 4) is 5.75 Å². The third-order valence-electron chi connectivity index (χ3n) is 3.29. The highest BCUT2D eigenvalue weighted by molar-refractivity contribution is 7.21. The van der Waals surface area contributed by atoms with Crippen LogP contribution >= 0.6 is 11.3 Å². The van der Waals surface area contributed by atoms with Gasteiger partial charge in [0, 0.05) is 36.1 Å². The second-order valence-electron chi connectivity index (χ2n) is 4.98. The van der Waals surface area contributed by atoms with Gasteiger partial charge < -0.3 is 10.0 Å². The van der Waals surface area contributed by atoms with Crippen molar-refractivity contribution in [1.82, 2.24) is 0 Å². The lowest BCUT2D eigenvalue weighted by atomic mass is 10.2. The largest absolute Gasteiger partial charge is 0.506 e. The van der Waals surface area contributed by atoms with E-state index in [0.29, 0.717) is 5.75 Å². The van der Waals surface area contributed by atoms with Crippen LogP contribution in [0, 0.1) is 0 Å². The SMILES string of the molecule is CN(C)c1ccc(N=Cc2sc3ccccc3c2O)cc1. The van der Waals surface area contributed by atoms with Crippen molar-refractivity contribution in [1.29, 1.82) is 0 Å². The van der Waals surface area contributed by atoms with E-state index in [9.17, 15) is 5.11 Å². The minimum atomic E-state index is 0.310. The van der Waals surface area contributed by atoms with Crippen LogP contribution in [0.2, 0.25) is 0 Å². The zero-order chi connectivity index (χ0) is 14.8. The number of fused-ring (bicyclic) bond motifs is 1. The van der Waals surface area contributed by atoms with E-state index < -0.39 is 0 Å². The van der Waals surface area contributed by atoms with Gasteiger partial charge in [-0.05, 0) is 36.4 Å². The maximum Gasteiger partial charge on any atom is 0.142 e. The molecule has 0 aliphatic rings. The van der Waals surface area contributed by atoms with Crippen LogP contribution in [0.1, 0.15) is 4.88 Å². The van der Waals surface area contributed by atoms with Gasteiger partial charge in [0.1, 0.15) is 5.75 Å². The van der Waals surface area contributed by atoms with Crippen LogP contribution in [0.4, 0.5) is 11.4 Å². The van der Waals surface area contributed by atoms with Crippen molar-refractivity contribution < 1.29 is 5.11 Å². The Labute approximate surface area is 127 Å². The second kappa shape index (κ2) is 5.58. The summed E-state index contributed by atoms with van der Waals surface area (Å²) in [5.74, 6) is 0.310. The normalized spacial score (nSPS) is 11.3. The average molecular weight is 296 g/mol. The lowest BCUT2D eigenvalue weighted by Crippen LogP contribution is -2.07. The first kappa shape index (κ1) is 13.6. The molecular formula is C17H16N2OS. The zero-order valence-corrected chi connectivity index (χ0v) is 12.8. The maximum absolute atomic E-state index is 10.2. The van der Waals surface area contributed by atoms with Crippen molar-refractivity contribution in [2.24, 2.45) is 4.99 Å². The Bertz CT molecular complexity index is 788. The van der Waals surface area contributed by atoms with Crippen LogP contribution in [0.25, 0.3) is 10.1 Å². The minimum Gasteiger partial charge on any atom is -0.506 e. The quantitative estimate of drug-likeness (QED) is 0.726. The van der Waals surface area contributed by atoms with Gasteiger partial charge in [0.15, 0.2) is 0 Å². The molecule has 21 heavy (non-hydrogen) atoms. The van der Waals surface area contributed by atoms with Crippen LogP contribution < -0.4 is 4.90 Å². The number of nitrogens with zero attached hydrogens (tertiary/aromatic N) is 2. The number of hydrogen-bond acceptors (Lipinski definition) is 4.